The normalized spacial score (nSPS) is 10.8. The highest BCUT2D eigenvalue weighted by atomic mass is 28.3. The van der Waals surface area contributed by atoms with Crippen molar-refractivity contribution >= 4 is 13.8 Å². The summed E-state index contributed by atoms with van der Waals surface area (Å²) in [7, 11) is -1.42. The van der Waals surface area contributed by atoms with Gasteiger partial charge in [-0.1, -0.05) is 69.2 Å². The highest BCUT2D eigenvalue weighted by molar-refractivity contribution is 6.87. The van der Waals surface area contributed by atoms with Crippen LogP contribution in [0.3, 0.4) is 0 Å². The Balaban J connectivity index is 2.27. The second-order valence-electron chi connectivity index (χ2n) is 6.43. The van der Waals surface area contributed by atoms with Crippen LogP contribution in [0.5, 0.6) is 0 Å². The number of rotatable bonds is 6. The maximum atomic E-state index is 3.73. The van der Waals surface area contributed by atoms with Crippen LogP contribution in [0, 0.1) is 18.4 Å². The predicted octanol–water partition coefficient (Wildman–Crippen LogP) is 6.01. The molecule has 0 aromatic heterocycles. The van der Waals surface area contributed by atoms with Gasteiger partial charge in [-0.15, -0.1) is 5.54 Å². The fraction of sp³-hybridized carbons (Fsp3) is 0.364. The summed E-state index contributed by atoms with van der Waals surface area (Å²) in [6.07, 6.45) is 0. The first kappa shape index (κ1) is 18.4. The van der Waals surface area contributed by atoms with Crippen LogP contribution < -0.4 is 5.32 Å². The van der Waals surface area contributed by atoms with E-state index in [0.29, 0.717) is 0 Å². The van der Waals surface area contributed by atoms with Crippen LogP contribution in [0.15, 0.2) is 48.5 Å². The van der Waals surface area contributed by atoms with E-state index in [4.69, 9.17) is 0 Å². The van der Waals surface area contributed by atoms with Crippen molar-refractivity contribution in [1.29, 1.82) is 0 Å². The van der Waals surface area contributed by atoms with Gasteiger partial charge in [-0.3, -0.25) is 0 Å². The zero-order valence-electron chi connectivity index (χ0n) is 15.4. The fourth-order valence-corrected chi connectivity index (χ4v) is 5.40. The Bertz CT molecular complexity index is 697. The average Bonchev–Trinajstić information content (AvgIpc) is 2.63. The summed E-state index contributed by atoms with van der Waals surface area (Å²) in [4.78, 5) is 0. The summed E-state index contributed by atoms with van der Waals surface area (Å²) in [6.45, 7) is 9.91. The zero-order valence-corrected chi connectivity index (χ0v) is 16.4. The molecule has 0 fully saturated rings. The first-order chi connectivity index (χ1) is 11.6. The summed E-state index contributed by atoms with van der Waals surface area (Å²) in [6, 6.07) is 20.7. The topological polar surface area (TPSA) is 12.0 Å². The lowest BCUT2D eigenvalue weighted by atomic mass is 10.1. The zero-order chi connectivity index (χ0) is 17.4. The molecule has 0 aliphatic carbocycles. The van der Waals surface area contributed by atoms with Crippen molar-refractivity contribution in [2.75, 3.05) is 5.32 Å². The Morgan fingerprint density at radius 3 is 2.17 bits per heavy atom. The molecule has 0 aliphatic heterocycles. The molecule has 1 nitrogen and oxygen atoms in total. The minimum Gasteiger partial charge on any atom is -0.380 e. The van der Waals surface area contributed by atoms with Gasteiger partial charge >= 0.3 is 0 Å². The smallest absolute Gasteiger partial charge is 0.138 e. The number of anilines is 1. The van der Waals surface area contributed by atoms with Gasteiger partial charge in [0.15, 0.2) is 0 Å². The first-order valence-electron chi connectivity index (χ1n) is 9.04. The third-order valence-corrected chi connectivity index (χ3v) is 9.80. The molecular weight excluding hydrogens is 306 g/mol. The fourth-order valence-electron chi connectivity index (χ4n) is 2.98. The average molecular weight is 336 g/mol. The molecule has 126 valence electrons. The monoisotopic (exact) mass is 335 g/mol. The van der Waals surface area contributed by atoms with E-state index in [1.165, 1.54) is 34.8 Å². The molecule has 0 bridgehead atoms. The molecule has 0 unspecified atom stereocenters. The second-order valence-corrected chi connectivity index (χ2v) is 11.4. The molecule has 0 amide bonds. The molecule has 2 aromatic carbocycles. The number of hydrogen-bond acceptors (Lipinski definition) is 1. The van der Waals surface area contributed by atoms with E-state index in [1.54, 1.807) is 0 Å². The Morgan fingerprint density at radius 1 is 0.875 bits per heavy atom. The van der Waals surface area contributed by atoms with Crippen molar-refractivity contribution in [3.8, 4) is 11.5 Å². The lowest BCUT2D eigenvalue weighted by molar-refractivity contribution is 1.14. The highest BCUT2D eigenvalue weighted by Gasteiger charge is 2.24. The summed E-state index contributed by atoms with van der Waals surface area (Å²) < 4.78 is 0. The summed E-state index contributed by atoms with van der Waals surface area (Å²) in [5.41, 5.74) is 8.59. The molecule has 1 N–H and O–H groups in total. The highest BCUT2D eigenvalue weighted by Crippen LogP contribution is 2.22. The quantitative estimate of drug-likeness (QED) is 0.504. The molecule has 0 saturated carbocycles. The van der Waals surface area contributed by atoms with Crippen molar-refractivity contribution in [3.63, 3.8) is 0 Å². The van der Waals surface area contributed by atoms with Gasteiger partial charge in [-0.25, -0.2) is 0 Å². The number of nitrogens with one attached hydrogen (secondary N) is 1. The van der Waals surface area contributed by atoms with Gasteiger partial charge in [-0.2, -0.15) is 0 Å². The van der Waals surface area contributed by atoms with Crippen molar-refractivity contribution in [1.82, 2.24) is 0 Å². The molecule has 0 radical (unpaired) electrons. The van der Waals surface area contributed by atoms with Crippen molar-refractivity contribution in [2.45, 2.75) is 52.4 Å². The Labute approximate surface area is 148 Å². The van der Waals surface area contributed by atoms with E-state index in [9.17, 15) is 0 Å². The van der Waals surface area contributed by atoms with E-state index in [0.717, 1.165) is 12.2 Å². The molecule has 0 saturated heterocycles. The standard InChI is InChI=1S/C22H29NSi/c1-5-24(6-2,7-3)17-16-21-19(4)12-11-15-22(21)23-18-20-13-9-8-10-14-20/h8-15,23H,5-7,18H2,1-4H3. The van der Waals surface area contributed by atoms with Crippen LogP contribution in [0.25, 0.3) is 0 Å². The predicted molar refractivity (Wildman–Crippen MR) is 109 cm³/mol. The molecule has 0 aliphatic rings. The van der Waals surface area contributed by atoms with Gasteiger partial charge in [0.2, 0.25) is 0 Å². The van der Waals surface area contributed by atoms with Gasteiger partial charge in [0.1, 0.15) is 8.07 Å². The largest absolute Gasteiger partial charge is 0.380 e. The number of aryl methyl sites for hydroxylation is 1. The van der Waals surface area contributed by atoms with Crippen LogP contribution in [-0.2, 0) is 6.54 Å². The van der Waals surface area contributed by atoms with E-state index >= 15 is 0 Å². The number of benzene rings is 2. The first-order valence-corrected chi connectivity index (χ1v) is 11.7. The van der Waals surface area contributed by atoms with E-state index < -0.39 is 8.07 Å². The molecular formula is C22H29NSi. The van der Waals surface area contributed by atoms with Crippen LogP contribution in [0.4, 0.5) is 5.69 Å². The second kappa shape index (κ2) is 8.75. The molecule has 0 heterocycles. The minimum atomic E-state index is -1.42. The third kappa shape index (κ3) is 4.52. The van der Waals surface area contributed by atoms with Gasteiger partial charge < -0.3 is 5.32 Å². The third-order valence-electron chi connectivity index (χ3n) is 5.08. The summed E-state index contributed by atoms with van der Waals surface area (Å²) >= 11 is 0. The molecule has 2 rings (SSSR count). The van der Waals surface area contributed by atoms with Crippen molar-refractivity contribution in [3.05, 3.63) is 65.2 Å². The van der Waals surface area contributed by atoms with Crippen LogP contribution in [0.2, 0.25) is 18.1 Å². The van der Waals surface area contributed by atoms with Crippen molar-refractivity contribution in [2.24, 2.45) is 0 Å². The van der Waals surface area contributed by atoms with Gasteiger partial charge in [0, 0.05) is 12.1 Å². The van der Waals surface area contributed by atoms with Gasteiger partial charge in [0.05, 0.1) is 5.69 Å². The van der Waals surface area contributed by atoms with Gasteiger partial charge in [-0.05, 0) is 42.2 Å². The van der Waals surface area contributed by atoms with Gasteiger partial charge in [0.25, 0.3) is 0 Å². The van der Waals surface area contributed by atoms with Crippen LogP contribution >= 0.6 is 0 Å². The SMILES string of the molecule is CC[Si](C#Cc1c(C)cccc1NCc1ccccc1)(CC)CC. The van der Waals surface area contributed by atoms with Crippen LogP contribution in [0.1, 0.15) is 37.5 Å². The Hall–Kier alpha value is -1.98. The van der Waals surface area contributed by atoms with E-state index in [-0.39, 0.29) is 0 Å². The molecule has 0 spiro atoms. The Kier molecular flexibility index (Phi) is 6.70. The summed E-state index contributed by atoms with van der Waals surface area (Å²) in [5.74, 6) is 3.56. The number of hydrogen-bond donors (Lipinski definition) is 1. The van der Waals surface area contributed by atoms with Crippen LogP contribution in [-0.4, -0.2) is 8.07 Å². The molecule has 2 heteroatoms. The maximum Gasteiger partial charge on any atom is 0.138 e. The maximum absolute atomic E-state index is 3.73. The minimum absolute atomic E-state index is 0.830. The molecule has 24 heavy (non-hydrogen) atoms. The summed E-state index contributed by atoms with van der Waals surface area (Å²) in [5, 5.41) is 3.57. The molecule has 0 atom stereocenters. The lowest BCUT2D eigenvalue weighted by Gasteiger charge is -2.20. The van der Waals surface area contributed by atoms with E-state index in [1.807, 2.05) is 0 Å². The van der Waals surface area contributed by atoms with E-state index in [2.05, 4.69) is 93.0 Å². The lowest BCUT2D eigenvalue weighted by Crippen LogP contribution is -2.29. The van der Waals surface area contributed by atoms with Crippen molar-refractivity contribution < 1.29 is 0 Å². The molecule has 2 aromatic rings. The Morgan fingerprint density at radius 2 is 1.54 bits per heavy atom.